The normalized spacial score (nSPS) is 21.4. The van der Waals surface area contributed by atoms with Crippen molar-refractivity contribution in [2.45, 2.75) is 5.72 Å². The van der Waals surface area contributed by atoms with Gasteiger partial charge in [-0.15, -0.1) is 11.8 Å². The number of ether oxygens (including phenoxy) is 1. The molecule has 1 atom stereocenters. The number of carbonyl (C=O) groups excluding carboxylic acids is 2. The summed E-state index contributed by atoms with van der Waals surface area (Å²) in [5.74, 6) is -1.61. The molecule has 1 fully saturated rings. The molecule has 0 aliphatic carbocycles. The summed E-state index contributed by atoms with van der Waals surface area (Å²) in [6, 6.07) is 1.83. The van der Waals surface area contributed by atoms with Gasteiger partial charge in [-0.2, -0.15) is 13.7 Å². The molecule has 1 aliphatic rings. The standard InChI is InChI=1S/C8H11N3O6S2.Na.H/c1-17-8(10-6(12)4-18-3-2-9)5-11(7(8)13)19(14,15)16;;/h3-5H2,1H3,(H,10,12)(H,14,15,16);;/q;+1;-1. The third-order valence-electron chi connectivity index (χ3n) is 2.31. The van der Waals surface area contributed by atoms with Gasteiger partial charge in [0, 0.05) is 7.11 Å². The van der Waals surface area contributed by atoms with Crippen LogP contribution in [0.25, 0.3) is 0 Å². The van der Waals surface area contributed by atoms with Gasteiger partial charge in [-0.3, -0.25) is 14.1 Å². The van der Waals surface area contributed by atoms with Crippen molar-refractivity contribution in [2.24, 2.45) is 0 Å². The van der Waals surface area contributed by atoms with Gasteiger partial charge in [0.05, 0.1) is 24.1 Å². The second-order valence-corrected chi connectivity index (χ2v) is 5.84. The van der Waals surface area contributed by atoms with Crippen molar-refractivity contribution in [3.8, 4) is 6.07 Å². The Balaban J connectivity index is 0. The Morgan fingerprint density at radius 1 is 1.75 bits per heavy atom. The summed E-state index contributed by atoms with van der Waals surface area (Å²) >= 11 is 1.03. The van der Waals surface area contributed by atoms with Crippen LogP contribution in [-0.2, 0) is 24.6 Å². The first-order valence-corrected chi connectivity index (χ1v) is 7.42. The molecule has 1 saturated heterocycles. The molecule has 0 bridgehead atoms. The Bertz CT molecular complexity index is 539. The molecule has 1 rings (SSSR count). The molecule has 1 heterocycles. The Morgan fingerprint density at radius 2 is 2.35 bits per heavy atom. The third kappa shape index (κ3) is 4.32. The number of nitrogens with one attached hydrogen (secondary N) is 1. The minimum atomic E-state index is -4.65. The number of methoxy groups -OCH3 is 1. The molecule has 2 N–H and O–H groups in total. The van der Waals surface area contributed by atoms with Crippen LogP contribution in [0.4, 0.5) is 0 Å². The molecule has 20 heavy (non-hydrogen) atoms. The van der Waals surface area contributed by atoms with Crippen molar-refractivity contribution in [1.29, 1.82) is 5.26 Å². The largest absolute Gasteiger partial charge is 1.00 e. The van der Waals surface area contributed by atoms with Gasteiger partial charge in [0.2, 0.25) is 11.6 Å². The molecular weight excluding hydrogens is 321 g/mol. The van der Waals surface area contributed by atoms with Crippen LogP contribution in [0, 0.1) is 11.3 Å². The van der Waals surface area contributed by atoms with E-state index >= 15 is 0 Å². The summed E-state index contributed by atoms with van der Waals surface area (Å²) in [6.07, 6.45) is 0. The molecule has 1 aliphatic heterocycles. The number of hydrogen-bond donors (Lipinski definition) is 2. The predicted molar refractivity (Wildman–Crippen MR) is 65.2 cm³/mol. The average molecular weight is 333 g/mol. The van der Waals surface area contributed by atoms with Crippen molar-refractivity contribution in [3.05, 3.63) is 0 Å². The molecule has 0 aromatic heterocycles. The van der Waals surface area contributed by atoms with Crippen LogP contribution >= 0.6 is 11.8 Å². The van der Waals surface area contributed by atoms with E-state index in [0.717, 1.165) is 18.9 Å². The van der Waals surface area contributed by atoms with Crippen molar-refractivity contribution in [2.75, 3.05) is 25.2 Å². The van der Waals surface area contributed by atoms with Crippen LogP contribution in [0.2, 0.25) is 0 Å². The monoisotopic (exact) mass is 333 g/mol. The van der Waals surface area contributed by atoms with Crippen LogP contribution in [0.5, 0.6) is 0 Å². The van der Waals surface area contributed by atoms with Crippen molar-refractivity contribution in [3.63, 3.8) is 0 Å². The maximum atomic E-state index is 11.6. The molecule has 0 aromatic carbocycles. The second kappa shape index (κ2) is 7.60. The van der Waals surface area contributed by atoms with Crippen LogP contribution < -0.4 is 34.9 Å². The number of nitrogens with zero attached hydrogens (tertiary/aromatic N) is 2. The summed E-state index contributed by atoms with van der Waals surface area (Å²) < 4.78 is 35.3. The molecule has 12 heteroatoms. The topological polar surface area (TPSA) is 137 Å². The van der Waals surface area contributed by atoms with E-state index in [2.05, 4.69) is 5.32 Å². The maximum Gasteiger partial charge on any atom is 1.00 e. The first-order chi connectivity index (χ1) is 8.77. The minimum absolute atomic E-state index is 0. The number of thioether (sulfide) groups is 1. The van der Waals surface area contributed by atoms with Crippen LogP contribution in [-0.4, -0.2) is 60.0 Å². The van der Waals surface area contributed by atoms with Crippen molar-refractivity contribution < 1.29 is 58.3 Å². The summed E-state index contributed by atoms with van der Waals surface area (Å²) in [4.78, 5) is 23.1. The Morgan fingerprint density at radius 3 is 2.75 bits per heavy atom. The van der Waals surface area contributed by atoms with E-state index in [1.54, 1.807) is 0 Å². The zero-order valence-corrected chi connectivity index (χ0v) is 14.5. The van der Waals surface area contributed by atoms with Gasteiger partial charge in [-0.1, -0.05) is 0 Å². The number of hydrogen-bond acceptors (Lipinski definition) is 7. The van der Waals surface area contributed by atoms with Gasteiger partial charge < -0.3 is 11.5 Å². The average Bonchev–Trinajstić information content (AvgIpc) is 2.32. The number of β-lactam (4-membered cyclic amide) rings is 1. The second-order valence-electron chi connectivity index (χ2n) is 3.52. The zero-order chi connectivity index (χ0) is 14.7. The number of carbonyl (C=O) groups is 2. The van der Waals surface area contributed by atoms with E-state index in [0.29, 0.717) is 0 Å². The first-order valence-electron chi connectivity index (χ1n) is 4.87. The molecular formula is C8H12N3NaO6S2. The van der Waals surface area contributed by atoms with Gasteiger partial charge in [-0.05, 0) is 0 Å². The van der Waals surface area contributed by atoms with E-state index < -0.39 is 34.4 Å². The van der Waals surface area contributed by atoms with Crippen molar-refractivity contribution >= 4 is 33.9 Å². The van der Waals surface area contributed by atoms with E-state index in [1.165, 1.54) is 0 Å². The molecule has 0 saturated carbocycles. The van der Waals surface area contributed by atoms with Crippen LogP contribution in [0.3, 0.4) is 0 Å². The fourth-order valence-corrected chi connectivity index (χ4v) is 2.54. The molecule has 0 spiro atoms. The predicted octanol–water partition coefficient (Wildman–Crippen LogP) is -4.54. The van der Waals surface area contributed by atoms with Gasteiger partial charge in [0.1, 0.15) is 0 Å². The maximum absolute atomic E-state index is 11.6. The quantitative estimate of drug-likeness (QED) is 0.163. The summed E-state index contributed by atoms with van der Waals surface area (Å²) in [5, 5.41) is 10.5. The smallest absolute Gasteiger partial charge is 1.00 e. The van der Waals surface area contributed by atoms with Crippen LogP contribution in [0.1, 0.15) is 1.43 Å². The number of nitriles is 1. The summed E-state index contributed by atoms with van der Waals surface area (Å²) in [6.45, 7) is -0.504. The molecule has 0 radical (unpaired) electrons. The van der Waals surface area contributed by atoms with Gasteiger partial charge in [-0.25, -0.2) is 4.31 Å². The summed E-state index contributed by atoms with van der Waals surface area (Å²) in [7, 11) is -3.52. The summed E-state index contributed by atoms with van der Waals surface area (Å²) in [5.41, 5.74) is -1.78. The van der Waals surface area contributed by atoms with E-state index in [1.807, 2.05) is 6.07 Å². The third-order valence-corrected chi connectivity index (χ3v) is 3.96. The number of amides is 2. The van der Waals surface area contributed by atoms with Gasteiger partial charge in [0.15, 0.2) is 0 Å². The fourth-order valence-electron chi connectivity index (χ4n) is 1.38. The SMILES string of the molecule is COC1(NC(=O)CSCC#N)CN(S(=O)(=O)O)C1=O.[H-].[Na+]. The van der Waals surface area contributed by atoms with Crippen LogP contribution in [0.15, 0.2) is 0 Å². The molecule has 0 aromatic rings. The first kappa shape index (κ1) is 19.7. The van der Waals surface area contributed by atoms with E-state index in [9.17, 15) is 18.0 Å². The van der Waals surface area contributed by atoms with Crippen molar-refractivity contribution in [1.82, 2.24) is 9.62 Å². The molecule has 1 unspecified atom stereocenters. The van der Waals surface area contributed by atoms with E-state index in [-0.39, 0.29) is 46.8 Å². The minimum Gasteiger partial charge on any atom is -1.00 e. The molecule has 2 amide bonds. The Kier molecular flexibility index (Phi) is 7.47. The van der Waals surface area contributed by atoms with E-state index in [4.69, 9.17) is 14.6 Å². The Labute approximate surface area is 143 Å². The Hall–Kier alpha value is -0.350. The fraction of sp³-hybridized carbons (Fsp3) is 0.625. The number of rotatable bonds is 6. The molecule has 9 nitrogen and oxygen atoms in total. The zero-order valence-electron chi connectivity index (χ0n) is 11.8. The van der Waals surface area contributed by atoms with Gasteiger partial charge >= 0.3 is 39.9 Å². The van der Waals surface area contributed by atoms with Gasteiger partial charge in [0.25, 0.3) is 5.91 Å². The molecule has 108 valence electrons.